The molecule has 0 aromatic heterocycles. The number of carbonyl (C=O) groups excluding carboxylic acids is 1. The smallest absolute Gasteiger partial charge is 0.260 e. The van der Waals surface area contributed by atoms with Gasteiger partial charge in [-0.1, -0.05) is 0 Å². The largest absolute Gasteiger partial charge is 0.379 e. The Kier molecular flexibility index (Phi) is 4.14. The van der Waals surface area contributed by atoms with Crippen LogP contribution < -0.4 is 0 Å². The third kappa shape index (κ3) is 3.43. The van der Waals surface area contributed by atoms with Crippen molar-refractivity contribution in [1.29, 1.82) is 0 Å². The molecule has 1 saturated heterocycles. The maximum Gasteiger partial charge on any atom is 0.260 e. The van der Waals surface area contributed by atoms with Gasteiger partial charge in [0.05, 0.1) is 39.9 Å². The Morgan fingerprint density at radius 2 is 2.00 bits per heavy atom. The zero-order valence-electron chi connectivity index (χ0n) is 8.99. The first kappa shape index (κ1) is 12.9. The zero-order valence-corrected chi connectivity index (χ0v) is 10.6. The van der Waals surface area contributed by atoms with Crippen molar-refractivity contribution in [3.63, 3.8) is 0 Å². The molecule has 1 rings (SSSR count). The van der Waals surface area contributed by atoms with Gasteiger partial charge < -0.3 is 4.74 Å². The summed E-state index contributed by atoms with van der Waals surface area (Å²) in [6, 6.07) is 0. The molecule has 0 aliphatic carbocycles. The third-order valence-electron chi connectivity index (χ3n) is 2.26. The highest BCUT2D eigenvalue weighted by Crippen LogP contribution is 2.20. The van der Waals surface area contributed by atoms with Gasteiger partial charge in [-0.25, -0.2) is 4.21 Å². The number of nitrogens with zero attached hydrogens (tertiary/aromatic N) is 1. The predicted octanol–water partition coefficient (Wildman–Crippen LogP) is 1.28. The van der Waals surface area contributed by atoms with Crippen LogP contribution in [0.5, 0.6) is 0 Å². The molecule has 1 heterocycles. The van der Waals surface area contributed by atoms with Gasteiger partial charge in [-0.3, -0.25) is 4.79 Å². The van der Waals surface area contributed by atoms with E-state index in [2.05, 4.69) is 4.36 Å². The highest BCUT2D eigenvalue weighted by Gasteiger charge is 2.28. The lowest BCUT2D eigenvalue weighted by atomic mass is 9.96. The molecular weight excluding hydrogens is 238 g/mol. The number of alkyl halides is 1. The molecule has 0 atom stereocenters. The summed E-state index contributed by atoms with van der Waals surface area (Å²) in [6.07, 6.45) is 0. The fourth-order valence-corrected chi connectivity index (χ4v) is 2.81. The Balaban J connectivity index is 2.86. The Labute approximate surface area is 95.5 Å². The molecule has 0 spiro atoms. The van der Waals surface area contributed by atoms with Gasteiger partial charge in [0.25, 0.3) is 5.91 Å². The van der Waals surface area contributed by atoms with Crippen LogP contribution in [-0.2, 0) is 19.3 Å². The van der Waals surface area contributed by atoms with Crippen molar-refractivity contribution in [2.45, 2.75) is 13.8 Å². The lowest BCUT2D eigenvalue weighted by molar-refractivity contribution is -0.124. The van der Waals surface area contributed by atoms with Gasteiger partial charge in [0, 0.05) is 5.88 Å². The van der Waals surface area contributed by atoms with Crippen LogP contribution in [0.25, 0.3) is 0 Å². The van der Waals surface area contributed by atoms with E-state index in [4.69, 9.17) is 16.3 Å². The van der Waals surface area contributed by atoms with Crippen LogP contribution in [0.3, 0.4) is 0 Å². The second kappa shape index (κ2) is 4.80. The summed E-state index contributed by atoms with van der Waals surface area (Å²) < 4.78 is 21.0. The number of hydrogen-bond acceptors (Lipinski definition) is 3. The summed E-state index contributed by atoms with van der Waals surface area (Å²) >= 11 is 5.65. The fourth-order valence-electron chi connectivity index (χ4n) is 1.01. The highest BCUT2D eigenvalue weighted by molar-refractivity contribution is 7.93. The minimum Gasteiger partial charge on any atom is -0.379 e. The molecule has 88 valence electrons. The first-order chi connectivity index (χ1) is 6.90. The van der Waals surface area contributed by atoms with Crippen LogP contribution in [-0.4, -0.2) is 40.7 Å². The second-order valence-corrected chi connectivity index (χ2v) is 7.02. The molecule has 0 aromatic carbocycles. The van der Waals surface area contributed by atoms with E-state index in [-0.39, 0.29) is 11.8 Å². The van der Waals surface area contributed by atoms with Crippen LogP contribution in [0.2, 0.25) is 0 Å². The predicted molar refractivity (Wildman–Crippen MR) is 60.6 cm³/mol. The quantitative estimate of drug-likeness (QED) is 0.697. The molecule has 0 N–H and O–H groups in total. The average Bonchev–Trinajstić information content (AvgIpc) is 2.18. The van der Waals surface area contributed by atoms with Crippen molar-refractivity contribution < 1.29 is 13.7 Å². The molecule has 1 aliphatic heterocycles. The van der Waals surface area contributed by atoms with E-state index in [9.17, 15) is 9.00 Å². The SMILES string of the molecule is CC(C)(CCl)C(=O)N=S1(=O)CCOCC1. The minimum atomic E-state index is -2.39. The molecule has 0 saturated carbocycles. The summed E-state index contributed by atoms with van der Waals surface area (Å²) in [5, 5.41) is 0. The molecule has 15 heavy (non-hydrogen) atoms. The number of carbonyl (C=O) groups is 1. The van der Waals surface area contributed by atoms with E-state index in [1.165, 1.54) is 0 Å². The van der Waals surface area contributed by atoms with Gasteiger partial charge in [-0.2, -0.15) is 4.36 Å². The summed E-state index contributed by atoms with van der Waals surface area (Å²) in [6.45, 7) is 4.23. The second-order valence-electron chi connectivity index (χ2n) is 4.21. The maximum absolute atomic E-state index is 12.1. The number of halogens is 1. The van der Waals surface area contributed by atoms with E-state index >= 15 is 0 Å². The molecule has 1 aliphatic rings. The van der Waals surface area contributed by atoms with Crippen molar-refractivity contribution in [3.05, 3.63) is 0 Å². The number of rotatable bonds is 2. The lowest BCUT2D eigenvalue weighted by Gasteiger charge is -2.20. The number of hydrogen-bond donors (Lipinski definition) is 0. The first-order valence-corrected chi connectivity index (χ1v) is 7.19. The van der Waals surface area contributed by atoms with Crippen molar-refractivity contribution in [1.82, 2.24) is 0 Å². The number of amides is 1. The Hall–Kier alpha value is -0.130. The van der Waals surface area contributed by atoms with Gasteiger partial charge in [-0.05, 0) is 13.8 Å². The van der Waals surface area contributed by atoms with Gasteiger partial charge in [0.2, 0.25) is 0 Å². The molecule has 0 unspecified atom stereocenters. The molecule has 0 radical (unpaired) electrons. The normalized spacial score (nSPS) is 21.0. The Morgan fingerprint density at radius 1 is 1.47 bits per heavy atom. The summed E-state index contributed by atoms with van der Waals surface area (Å²) in [5.74, 6) is 0.500. The number of ether oxygens (including phenoxy) is 1. The van der Waals surface area contributed by atoms with Crippen LogP contribution in [0.4, 0.5) is 0 Å². The van der Waals surface area contributed by atoms with E-state index in [1.54, 1.807) is 13.8 Å². The van der Waals surface area contributed by atoms with Crippen molar-refractivity contribution >= 4 is 27.2 Å². The molecule has 1 fully saturated rings. The zero-order chi connectivity index (χ0) is 11.5. The molecule has 1 amide bonds. The summed E-state index contributed by atoms with van der Waals surface area (Å²) in [7, 11) is -2.39. The molecule has 4 nitrogen and oxygen atoms in total. The Bertz CT molecular complexity index is 346. The van der Waals surface area contributed by atoms with Crippen LogP contribution >= 0.6 is 11.6 Å². The fraction of sp³-hybridized carbons (Fsp3) is 0.889. The van der Waals surface area contributed by atoms with Crippen molar-refractivity contribution in [2.75, 3.05) is 30.6 Å². The van der Waals surface area contributed by atoms with E-state index < -0.39 is 15.1 Å². The summed E-state index contributed by atoms with van der Waals surface area (Å²) in [5.41, 5.74) is -0.732. The van der Waals surface area contributed by atoms with E-state index in [0.29, 0.717) is 24.7 Å². The minimum absolute atomic E-state index is 0.182. The van der Waals surface area contributed by atoms with Gasteiger partial charge in [0.15, 0.2) is 0 Å². The van der Waals surface area contributed by atoms with E-state index in [0.717, 1.165) is 0 Å². The highest BCUT2D eigenvalue weighted by atomic mass is 35.5. The van der Waals surface area contributed by atoms with Gasteiger partial charge in [0.1, 0.15) is 0 Å². The topological polar surface area (TPSA) is 55.7 Å². The molecular formula is C9H16ClNO3S. The van der Waals surface area contributed by atoms with Gasteiger partial charge >= 0.3 is 0 Å². The lowest BCUT2D eigenvalue weighted by Crippen LogP contribution is -2.30. The van der Waals surface area contributed by atoms with Crippen molar-refractivity contribution in [3.8, 4) is 0 Å². The molecule has 0 aromatic rings. The molecule has 6 heteroatoms. The third-order valence-corrected chi connectivity index (χ3v) is 5.03. The van der Waals surface area contributed by atoms with Crippen LogP contribution in [0.15, 0.2) is 4.36 Å². The maximum atomic E-state index is 12.1. The monoisotopic (exact) mass is 253 g/mol. The first-order valence-electron chi connectivity index (χ1n) is 4.80. The van der Waals surface area contributed by atoms with Gasteiger partial charge in [-0.15, -0.1) is 11.6 Å². The van der Waals surface area contributed by atoms with E-state index in [1.807, 2.05) is 0 Å². The van der Waals surface area contributed by atoms with Crippen LogP contribution in [0.1, 0.15) is 13.8 Å². The standard InChI is InChI=1S/C9H16ClNO3S/c1-9(2,7-10)8(12)11-15(13)5-3-14-4-6-15/h3-7H2,1-2H3. The van der Waals surface area contributed by atoms with Crippen LogP contribution in [0, 0.1) is 5.41 Å². The average molecular weight is 254 g/mol. The van der Waals surface area contributed by atoms with Crippen molar-refractivity contribution in [2.24, 2.45) is 9.78 Å². The molecule has 0 bridgehead atoms. The summed E-state index contributed by atoms with van der Waals surface area (Å²) in [4.78, 5) is 11.7. The Morgan fingerprint density at radius 3 is 2.47 bits per heavy atom.